The molecule has 2 aromatic carbocycles. The minimum Gasteiger partial charge on any atom is -0.326 e. The van der Waals surface area contributed by atoms with Crippen molar-refractivity contribution >= 4 is 68.4 Å². The van der Waals surface area contributed by atoms with Gasteiger partial charge in [-0.15, -0.1) is 0 Å². The summed E-state index contributed by atoms with van der Waals surface area (Å²) in [7, 11) is 0. The molecule has 0 unspecified atom stereocenters. The van der Waals surface area contributed by atoms with Crippen LogP contribution in [0.15, 0.2) is 42.5 Å². The first-order valence-corrected chi connectivity index (χ1v) is 9.20. The number of nitrogens with one attached hydrogen (secondary N) is 2. The molecule has 2 amide bonds. The van der Waals surface area contributed by atoms with Crippen molar-refractivity contribution in [3.63, 3.8) is 0 Å². The first kappa shape index (κ1) is 18.2. The number of anilines is 2. The molecule has 0 spiro atoms. The van der Waals surface area contributed by atoms with E-state index < -0.39 is 0 Å². The second-order valence-corrected chi connectivity index (χ2v) is 7.71. The normalized spacial score (nSPS) is 10.5. The Bertz CT molecular complexity index is 745. The molecule has 0 bridgehead atoms. The van der Waals surface area contributed by atoms with E-state index in [0.717, 1.165) is 7.14 Å². The molecular weight excluding hydrogens is 518 g/mol. The van der Waals surface area contributed by atoms with E-state index in [-0.39, 0.29) is 17.7 Å². The largest absolute Gasteiger partial charge is 0.326 e. The zero-order valence-electron chi connectivity index (χ0n) is 12.7. The summed E-state index contributed by atoms with van der Waals surface area (Å²) in [6, 6.07) is 12.9. The molecule has 2 N–H and O–H groups in total. The van der Waals surface area contributed by atoms with Crippen molar-refractivity contribution in [1.82, 2.24) is 0 Å². The van der Waals surface area contributed by atoms with Gasteiger partial charge >= 0.3 is 0 Å². The van der Waals surface area contributed by atoms with Gasteiger partial charge in [0, 0.05) is 24.4 Å². The Kier molecular flexibility index (Phi) is 6.40. The molecule has 2 aromatic rings. The lowest BCUT2D eigenvalue weighted by atomic mass is 10.2. The number of hydrogen-bond donors (Lipinski definition) is 2. The second-order valence-electron chi connectivity index (χ2n) is 5.30. The quantitative estimate of drug-likeness (QED) is 0.558. The molecule has 0 aromatic heterocycles. The van der Waals surface area contributed by atoms with Gasteiger partial charge in [0.05, 0.1) is 5.56 Å². The van der Waals surface area contributed by atoms with Gasteiger partial charge in [0.15, 0.2) is 0 Å². The van der Waals surface area contributed by atoms with E-state index in [0.29, 0.717) is 16.9 Å². The molecule has 120 valence electrons. The molecule has 0 aliphatic carbocycles. The van der Waals surface area contributed by atoms with Gasteiger partial charge in [0.2, 0.25) is 5.91 Å². The van der Waals surface area contributed by atoms with E-state index >= 15 is 0 Å². The van der Waals surface area contributed by atoms with Gasteiger partial charge in [0.1, 0.15) is 0 Å². The van der Waals surface area contributed by atoms with Crippen LogP contribution < -0.4 is 10.6 Å². The predicted octanol–water partition coefficient (Wildman–Crippen LogP) is 4.74. The summed E-state index contributed by atoms with van der Waals surface area (Å²) in [6.07, 6.45) is 0. The highest BCUT2D eigenvalue weighted by atomic mass is 127. The molecule has 0 heterocycles. The number of halogens is 2. The van der Waals surface area contributed by atoms with Gasteiger partial charge in [-0.3, -0.25) is 9.59 Å². The summed E-state index contributed by atoms with van der Waals surface area (Å²) >= 11 is 4.32. The van der Waals surface area contributed by atoms with Crippen molar-refractivity contribution < 1.29 is 9.59 Å². The number of amides is 2. The molecule has 0 saturated heterocycles. The van der Waals surface area contributed by atoms with Crippen LogP contribution in [0.5, 0.6) is 0 Å². The van der Waals surface area contributed by atoms with E-state index in [4.69, 9.17) is 0 Å². The Balaban J connectivity index is 2.15. The molecule has 0 atom stereocenters. The van der Waals surface area contributed by atoms with Gasteiger partial charge in [-0.25, -0.2) is 0 Å². The number of benzene rings is 2. The highest BCUT2D eigenvalue weighted by Crippen LogP contribution is 2.20. The standard InChI is InChI=1S/C17H16I2N2O2/c1-10(2)16(22)20-12-4-3-5-13(9-12)21-17(23)14-8-11(18)6-7-15(14)19/h3-10H,1-2H3,(H,20,22)(H,21,23). The van der Waals surface area contributed by atoms with Crippen molar-refractivity contribution in [1.29, 1.82) is 0 Å². The fraction of sp³-hybridized carbons (Fsp3) is 0.176. The van der Waals surface area contributed by atoms with Crippen molar-refractivity contribution in [2.75, 3.05) is 10.6 Å². The monoisotopic (exact) mass is 534 g/mol. The van der Waals surface area contributed by atoms with E-state index in [2.05, 4.69) is 55.8 Å². The van der Waals surface area contributed by atoms with Crippen LogP contribution in [0.25, 0.3) is 0 Å². The predicted molar refractivity (Wildman–Crippen MR) is 110 cm³/mol. The van der Waals surface area contributed by atoms with Crippen LogP contribution in [0, 0.1) is 13.1 Å². The van der Waals surface area contributed by atoms with Gasteiger partial charge in [-0.05, 0) is 81.6 Å². The molecule has 0 aliphatic rings. The SMILES string of the molecule is CC(C)C(=O)Nc1cccc(NC(=O)c2cc(I)ccc2I)c1. The number of hydrogen-bond acceptors (Lipinski definition) is 2. The van der Waals surface area contributed by atoms with E-state index in [9.17, 15) is 9.59 Å². The molecule has 4 nitrogen and oxygen atoms in total. The molecular formula is C17H16I2N2O2. The van der Waals surface area contributed by atoms with Crippen LogP contribution in [-0.2, 0) is 4.79 Å². The van der Waals surface area contributed by atoms with Gasteiger partial charge in [0.25, 0.3) is 5.91 Å². The zero-order chi connectivity index (χ0) is 17.0. The van der Waals surface area contributed by atoms with Crippen LogP contribution >= 0.6 is 45.2 Å². The molecule has 23 heavy (non-hydrogen) atoms. The average Bonchev–Trinajstić information content (AvgIpc) is 2.49. The minimum atomic E-state index is -0.166. The lowest BCUT2D eigenvalue weighted by molar-refractivity contribution is -0.118. The summed E-state index contributed by atoms with van der Waals surface area (Å²) in [4.78, 5) is 24.2. The minimum absolute atomic E-state index is 0.0550. The summed E-state index contributed by atoms with van der Waals surface area (Å²) in [5.74, 6) is -0.317. The van der Waals surface area contributed by atoms with Crippen molar-refractivity contribution in [2.45, 2.75) is 13.8 Å². The Morgan fingerprint density at radius 3 is 2.26 bits per heavy atom. The highest BCUT2D eigenvalue weighted by Gasteiger charge is 2.12. The number of carbonyl (C=O) groups excluding carboxylic acids is 2. The summed E-state index contributed by atoms with van der Waals surface area (Å²) in [6.45, 7) is 3.67. The summed E-state index contributed by atoms with van der Waals surface area (Å²) in [5, 5.41) is 5.69. The first-order valence-electron chi connectivity index (χ1n) is 7.04. The third kappa shape index (κ3) is 5.17. The molecule has 0 saturated carbocycles. The van der Waals surface area contributed by atoms with Crippen LogP contribution in [0.1, 0.15) is 24.2 Å². The third-order valence-corrected chi connectivity index (χ3v) is 4.70. The van der Waals surface area contributed by atoms with Crippen molar-refractivity contribution in [2.24, 2.45) is 5.92 Å². The average molecular weight is 534 g/mol. The number of rotatable bonds is 4. The van der Waals surface area contributed by atoms with E-state index in [1.165, 1.54) is 0 Å². The highest BCUT2D eigenvalue weighted by molar-refractivity contribution is 14.1. The van der Waals surface area contributed by atoms with Gasteiger partial charge < -0.3 is 10.6 Å². The fourth-order valence-corrected chi connectivity index (χ4v) is 2.90. The maximum absolute atomic E-state index is 12.4. The molecule has 0 aliphatic heterocycles. The Labute approximate surface area is 162 Å². The van der Waals surface area contributed by atoms with Crippen LogP contribution in [0.3, 0.4) is 0 Å². The van der Waals surface area contributed by atoms with Crippen molar-refractivity contribution in [3.05, 3.63) is 55.2 Å². The summed E-state index contributed by atoms with van der Waals surface area (Å²) < 4.78 is 1.90. The topological polar surface area (TPSA) is 58.2 Å². The van der Waals surface area contributed by atoms with Crippen LogP contribution in [0.4, 0.5) is 11.4 Å². The Morgan fingerprint density at radius 2 is 1.61 bits per heavy atom. The maximum Gasteiger partial charge on any atom is 0.256 e. The molecule has 6 heteroatoms. The lowest BCUT2D eigenvalue weighted by Crippen LogP contribution is -2.18. The Hall–Kier alpha value is -1.16. The summed E-state index contributed by atoms with van der Waals surface area (Å²) in [5.41, 5.74) is 1.94. The lowest BCUT2D eigenvalue weighted by Gasteiger charge is -2.11. The third-order valence-electron chi connectivity index (χ3n) is 3.09. The number of carbonyl (C=O) groups is 2. The second kappa shape index (κ2) is 8.09. The smallest absolute Gasteiger partial charge is 0.256 e. The van der Waals surface area contributed by atoms with E-state index in [1.807, 2.05) is 32.0 Å². The molecule has 0 radical (unpaired) electrons. The van der Waals surface area contributed by atoms with Crippen LogP contribution in [0.2, 0.25) is 0 Å². The van der Waals surface area contributed by atoms with Gasteiger partial charge in [-0.2, -0.15) is 0 Å². The fourth-order valence-electron chi connectivity index (χ4n) is 1.83. The van der Waals surface area contributed by atoms with E-state index in [1.54, 1.807) is 24.3 Å². The van der Waals surface area contributed by atoms with Gasteiger partial charge in [-0.1, -0.05) is 19.9 Å². The van der Waals surface area contributed by atoms with Crippen LogP contribution in [-0.4, -0.2) is 11.8 Å². The zero-order valence-corrected chi connectivity index (χ0v) is 17.0. The molecule has 2 rings (SSSR count). The Morgan fingerprint density at radius 1 is 0.957 bits per heavy atom. The van der Waals surface area contributed by atoms with Crippen molar-refractivity contribution in [3.8, 4) is 0 Å². The maximum atomic E-state index is 12.4. The molecule has 0 fully saturated rings. The first-order chi connectivity index (χ1) is 10.9.